The van der Waals surface area contributed by atoms with E-state index in [0.29, 0.717) is 13.1 Å². The lowest BCUT2D eigenvalue weighted by Gasteiger charge is -2.26. The third-order valence-corrected chi connectivity index (χ3v) is 4.66. The first-order valence-corrected chi connectivity index (χ1v) is 7.50. The zero-order valence-electron chi connectivity index (χ0n) is 10.8. The number of sulfonamides is 1. The molecule has 0 amide bonds. The Balaban J connectivity index is 2.53. The van der Waals surface area contributed by atoms with Crippen LogP contribution in [0.2, 0.25) is 0 Å². The number of likely N-dealkylation sites (tertiary alicyclic amines) is 1. The van der Waals surface area contributed by atoms with Gasteiger partial charge in [0.25, 0.3) is 0 Å². The number of hydrogen-bond donors (Lipinski definition) is 1. The van der Waals surface area contributed by atoms with Crippen LogP contribution in [0, 0.1) is 5.41 Å². The topological polar surface area (TPSA) is 49.4 Å². The van der Waals surface area contributed by atoms with Gasteiger partial charge in [0.15, 0.2) is 0 Å². The van der Waals surface area contributed by atoms with E-state index < -0.39 is 10.0 Å². The molecule has 1 aliphatic rings. The normalized spacial score (nSPS) is 23.9. The molecule has 1 rings (SSSR count). The Morgan fingerprint density at radius 3 is 2.50 bits per heavy atom. The van der Waals surface area contributed by atoms with Crippen molar-refractivity contribution in [2.24, 2.45) is 5.41 Å². The van der Waals surface area contributed by atoms with E-state index in [1.54, 1.807) is 0 Å². The fraction of sp³-hybridized carbons (Fsp3) is 1.00. The highest BCUT2D eigenvalue weighted by Gasteiger charge is 2.33. The summed E-state index contributed by atoms with van der Waals surface area (Å²) >= 11 is 0. The molecule has 1 atom stereocenters. The fourth-order valence-electron chi connectivity index (χ4n) is 2.18. The molecule has 0 spiro atoms. The summed E-state index contributed by atoms with van der Waals surface area (Å²) in [6, 6.07) is 0. The molecule has 0 aromatic carbocycles. The van der Waals surface area contributed by atoms with Gasteiger partial charge in [0, 0.05) is 19.6 Å². The summed E-state index contributed by atoms with van der Waals surface area (Å²) < 4.78 is 26.2. The summed E-state index contributed by atoms with van der Waals surface area (Å²) in [7, 11) is -3.09. The number of rotatable bonds is 4. The standard InChI is InChI=1S/C11H24N2O2S/c1-5-12-16(14,15)10-6-7-13(8-10)9-11(2,3)4/h10,12H,5-9H2,1-4H3/t10-/m1/s1. The van der Waals surface area contributed by atoms with Gasteiger partial charge in [0.05, 0.1) is 5.25 Å². The van der Waals surface area contributed by atoms with Gasteiger partial charge in [-0.05, 0) is 18.4 Å². The largest absolute Gasteiger partial charge is 0.301 e. The molecule has 1 aliphatic heterocycles. The van der Waals surface area contributed by atoms with Crippen molar-refractivity contribution < 1.29 is 8.42 Å². The predicted molar refractivity (Wildman–Crippen MR) is 66.9 cm³/mol. The second-order valence-corrected chi connectivity index (χ2v) is 7.79. The highest BCUT2D eigenvalue weighted by molar-refractivity contribution is 7.90. The van der Waals surface area contributed by atoms with Gasteiger partial charge >= 0.3 is 0 Å². The maximum Gasteiger partial charge on any atom is 0.215 e. The van der Waals surface area contributed by atoms with Crippen LogP contribution in [0.5, 0.6) is 0 Å². The quantitative estimate of drug-likeness (QED) is 0.809. The van der Waals surface area contributed by atoms with Crippen molar-refractivity contribution in [1.82, 2.24) is 9.62 Å². The van der Waals surface area contributed by atoms with Crippen LogP contribution in [-0.4, -0.2) is 44.7 Å². The van der Waals surface area contributed by atoms with E-state index in [9.17, 15) is 8.42 Å². The van der Waals surface area contributed by atoms with Gasteiger partial charge in [0.2, 0.25) is 10.0 Å². The van der Waals surface area contributed by atoms with Gasteiger partial charge in [-0.15, -0.1) is 0 Å². The summed E-state index contributed by atoms with van der Waals surface area (Å²) in [4.78, 5) is 2.25. The van der Waals surface area contributed by atoms with E-state index in [4.69, 9.17) is 0 Å². The van der Waals surface area contributed by atoms with Gasteiger partial charge in [0.1, 0.15) is 0 Å². The molecule has 0 bridgehead atoms. The number of nitrogens with one attached hydrogen (secondary N) is 1. The minimum atomic E-state index is -3.09. The number of nitrogens with zero attached hydrogens (tertiary/aromatic N) is 1. The van der Waals surface area contributed by atoms with Crippen molar-refractivity contribution in [2.45, 2.75) is 39.4 Å². The summed E-state index contributed by atoms with van der Waals surface area (Å²) in [6.45, 7) is 11.4. The van der Waals surface area contributed by atoms with Gasteiger partial charge < -0.3 is 4.90 Å². The minimum absolute atomic E-state index is 0.227. The molecule has 1 fully saturated rings. The van der Waals surface area contributed by atoms with E-state index in [1.165, 1.54) is 0 Å². The predicted octanol–water partition coefficient (Wildman–Crippen LogP) is 1.05. The Bertz CT molecular complexity index is 319. The Kier molecular flexibility index (Phi) is 4.37. The van der Waals surface area contributed by atoms with Crippen LogP contribution in [-0.2, 0) is 10.0 Å². The van der Waals surface area contributed by atoms with Gasteiger partial charge in [-0.2, -0.15) is 0 Å². The first-order valence-electron chi connectivity index (χ1n) is 5.95. The molecule has 0 unspecified atom stereocenters. The molecule has 1 saturated heterocycles. The zero-order valence-corrected chi connectivity index (χ0v) is 11.6. The fourth-order valence-corrected chi connectivity index (χ4v) is 3.64. The summed E-state index contributed by atoms with van der Waals surface area (Å²) in [5.74, 6) is 0. The molecule has 1 N–H and O–H groups in total. The highest BCUT2D eigenvalue weighted by Crippen LogP contribution is 2.21. The second kappa shape index (κ2) is 5.02. The van der Waals surface area contributed by atoms with Crippen molar-refractivity contribution in [2.75, 3.05) is 26.2 Å². The molecule has 96 valence electrons. The first-order chi connectivity index (χ1) is 7.24. The summed E-state index contributed by atoms with van der Waals surface area (Å²) in [5.41, 5.74) is 0.233. The Hall–Kier alpha value is -0.130. The van der Waals surface area contributed by atoms with Crippen LogP contribution in [0.3, 0.4) is 0 Å². The van der Waals surface area contributed by atoms with Gasteiger partial charge in [-0.3, -0.25) is 0 Å². The lowest BCUT2D eigenvalue weighted by molar-refractivity contribution is 0.227. The maximum atomic E-state index is 11.8. The SMILES string of the molecule is CCNS(=O)(=O)[C@@H]1CCN(CC(C)(C)C)C1. The smallest absolute Gasteiger partial charge is 0.215 e. The molecule has 0 radical (unpaired) electrons. The van der Waals surface area contributed by atoms with Crippen molar-refractivity contribution in [3.63, 3.8) is 0 Å². The van der Waals surface area contributed by atoms with Crippen molar-refractivity contribution >= 4 is 10.0 Å². The molecule has 4 nitrogen and oxygen atoms in total. The van der Waals surface area contributed by atoms with Crippen LogP contribution < -0.4 is 4.72 Å². The second-order valence-electron chi connectivity index (χ2n) is 5.75. The average molecular weight is 248 g/mol. The molecule has 1 heterocycles. The molecular weight excluding hydrogens is 224 g/mol. The molecule has 0 aromatic rings. The molecule has 0 aromatic heterocycles. The molecule has 5 heteroatoms. The Morgan fingerprint density at radius 1 is 1.38 bits per heavy atom. The molecule has 16 heavy (non-hydrogen) atoms. The zero-order chi connectivity index (χ0) is 12.4. The Morgan fingerprint density at radius 2 is 2.00 bits per heavy atom. The molecular formula is C11H24N2O2S. The van der Waals surface area contributed by atoms with Crippen molar-refractivity contribution in [3.05, 3.63) is 0 Å². The maximum absolute atomic E-state index is 11.8. The van der Waals surface area contributed by atoms with Crippen LogP contribution >= 0.6 is 0 Å². The third-order valence-electron chi connectivity index (χ3n) is 2.71. The van der Waals surface area contributed by atoms with Crippen molar-refractivity contribution in [1.29, 1.82) is 0 Å². The van der Waals surface area contributed by atoms with E-state index in [1.807, 2.05) is 6.92 Å². The molecule has 0 saturated carbocycles. The average Bonchev–Trinajstić information content (AvgIpc) is 2.49. The van der Waals surface area contributed by atoms with Crippen LogP contribution in [0.25, 0.3) is 0 Å². The summed E-state index contributed by atoms with van der Waals surface area (Å²) in [5, 5.41) is -0.227. The van der Waals surface area contributed by atoms with Crippen LogP contribution in [0.15, 0.2) is 0 Å². The van der Waals surface area contributed by atoms with E-state index in [-0.39, 0.29) is 10.7 Å². The highest BCUT2D eigenvalue weighted by atomic mass is 32.2. The van der Waals surface area contributed by atoms with E-state index in [0.717, 1.165) is 19.5 Å². The van der Waals surface area contributed by atoms with Gasteiger partial charge in [-0.25, -0.2) is 13.1 Å². The lowest BCUT2D eigenvalue weighted by Crippen LogP contribution is -2.37. The first kappa shape index (κ1) is 13.9. The van der Waals surface area contributed by atoms with E-state index in [2.05, 4.69) is 30.4 Å². The Labute approximate surface area is 99.5 Å². The van der Waals surface area contributed by atoms with Crippen molar-refractivity contribution in [3.8, 4) is 0 Å². The molecule has 0 aliphatic carbocycles. The monoisotopic (exact) mass is 248 g/mol. The van der Waals surface area contributed by atoms with Crippen LogP contribution in [0.1, 0.15) is 34.1 Å². The third kappa shape index (κ3) is 4.03. The summed E-state index contributed by atoms with van der Waals surface area (Å²) in [6.07, 6.45) is 0.755. The minimum Gasteiger partial charge on any atom is -0.301 e. The number of hydrogen-bond acceptors (Lipinski definition) is 3. The van der Waals surface area contributed by atoms with Crippen LogP contribution in [0.4, 0.5) is 0 Å². The van der Waals surface area contributed by atoms with Gasteiger partial charge in [-0.1, -0.05) is 27.7 Å². The lowest BCUT2D eigenvalue weighted by atomic mass is 9.96. The van der Waals surface area contributed by atoms with E-state index >= 15 is 0 Å².